The second kappa shape index (κ2) is 1.42. The van der Waals surface area contributed by atoms with Gasteiger partial charge in [-0.15, -0.1) is 0 Å². The highest BCUT2D eigenvalue weighted by atomic mass is 14.5. The van der Waals surface area contributed by atoms with Crippen molar-refractivity contribution in [1.82, 2.24) is 0 Å². The summed E-state index contributed by atoms with van der Waals surface area (Å²) in [6.07, 6.45) is 7.57. The zero-order chi connectivity index (χ0) is 6.48. The number of fused-ring (bicyclic) bond motifs is 1. The molecule has 0 heterocycles. The van der Waals surface area contributed by atoms with Crippen LogP contribution in [0.25, 0.3) is 0 Å². The first-order chi connectivity index (χ1) is 4.20. The van der Waals surface area contributed by atoms with E-state index in [1.807, 2.05) is 0 Å². The molecule has 0 aromatic rings. The molecule has 50 valence electrons. The van der Waals surface area contributed by atoms with Crippen molar-refractivity contribution >= 4 is 0 Å². The van der Waals surface area contributed by atoms with Crippen LogP contribution < -0.4 is 0 Å². The fourth-order valence-electron chi connectivity index (χ4n) is 2.46. The van der Waals surface area contributed by atoms with Crippen LogP contribution in [0.5, 0.6) is 0 Å². The lowest BCUT2D eigenvalue weighted by Crippen LogP contribution is -2.40. The molecule has 0 aromatic heterocycles. The van der Waals surface area contributed by atoms with Crippen molar-refractivity contribution in [3.63, 3.8) is 0 Å². The first kappa shape index (κ1) is 5.52. The van der Waals surface area contributed by atoms with Crippen LogP contribution in [0.2, 0.25) is 0 Å². The van der Waals surface area contributed by atoms with Gasteiger partial charge in [0.1, 0.15) is 0 Å². The molecule has 0 heteroatoms. The Labute approximate surface area is 57.0 Å². The standard InChI is InChI=1S/C9H14/c1-9(2)6-7-4-3-5-8(7)9/h3,5,7-8H,4,6H2,1-2H3/t7-,8-/m1/s1. The Morgan fingerprint density at radius 2 is 2.22 bits per heavy atom. The zero-order valence-corrected chi connectivity index (χ0v) is 6.22. The summed E-state index contributed by atoms with van der Waals surface area (Å²) < 4.78 is 0. The Morgan fingerprint density at radius 1 is 1.44 bits per heavy atom. The van der Waals surface area contributed by atoms with E-state index in [1.54, 1.807) is 0 Å². The van der Waals surface area contributed by atoms with Gasteiger partial charge in [0.05, 0.1) is 0 Å². The Morgan fingerprint density at radius 3 is 2.67 bits per heavy atom. The molecular formula is C9H14. The molecule has 0 aromatic carbocycles. The van der Waals surface area contributed by atoms with Gasteiger partial charge in [0.15, 0.2) is 0 Å². The highest BCUT2D eigenvalue weighted by Gasteiger charge is 2.46. The average Bonchev–Trinajstić information content (AvgIpc) is 2.10. The predicted octanol–water partition coefficient (Wildman–Crippen LogP) is 2.61. The van der Waals surface area contributed by atoms with E-state index in [9.17, 15) is 0 Å². The fourth-order valence-corrected chi connectivity index (χ4v) is 2.46. The van der Waals surface area contributed by atoms with Crippen molar-refractivity contribution in [3.8, 4) is 0 Å². The predicted molar refractivity (Wildman–Crippen MR) is 39.1 cm³/mol. The van der Waals surface area contributed by atoms with E-state index >= 15 is 0 Å². The van der Waals surface area contributed by atoms with Gasteiger partial charge in [0, 0.05) is 0 Å². The summed E-state index contributed by atoms with van der Waals surface area (Å²) in [5, 5.41) is 0. The number of hydrogen-bond donors (Lipinski definition) is 0. The van der Waals surface area contributed by atoms with E-state index < -0.39 is 0 Å². The molecule has 0 nitrogen and oxygen atoms in total. The number of hydrogen-bond acceptors (Lipinski definition) is 0. The highest BCUT2D eigenvalue weighted by Crippen LogP contribution is 2.55. The summed E-state index contributed by atoms with van der Waals surface area (Å²) >= 11 is 0. The van der Waals surface area contributed by atoms with Crippen LogP contribution in [-0.2, 0) is 0 Å². The third-order valence-corrected chi connectivity index (χ3v) is 2.98. The van der Waals surface area contributed by atoms with Gasteiger partial charge in [0.25, 0.3) is 0 Å². The summed E-state index contributed by atoms with van der Waals surface area (Å²) in [4.78, 5) is 0. The third kappa shape index (κ3) is 0.593. The second-order valence-electron chi connectivity index (χ2n) is 4.14. The van der Waals surface area contributed by atoms with E-state index in [4.69, 9.17) is 0 Å². The maximum Gasteiger partial charge on any atom is -0.0151 e. The van der Waals surface area contributed by atoms with Crippen LogP contribution >= 0.6 is 0 Å². The molecule has 0 bridgehead atoms. The SMILES string of the molecule is CC1(C)C[C@H]2CC=C[C@H]21. The van der Waals surface area contributed by atoms with Gasteiger partial charge in [-0.2, -0.15) is 0 Å². The molecule has 0 amide bonds. The quantitative estimate of drug-likeness (QED) is 0.433. The molecule has 0 unspecified atom stereocenters. The molecule has 1 fully saturated rings. The van der Waals surface area contributed by atoms with Gasteiger partial charge < -0.3 is 0 Å². The maximum absolute atomic E-state index is 2.41. The molecule has 0 N–H and O–H groups in total. The lowest BCUT2D eigenvalue weighted by Gasteiger charge is -2.47. The first-order valence-electron chi connectivity index (χ1n) is 3.87. The minimum atomic E-state index is 0.637. The average molecular weight is 122 g/mol. The van der Waals surface area contributed by atoms with Crippen LogP contribution in [-0.4, -0.2) is 0 Å². The molecule has 2 aliphatic carbocycles. The zero-order valence-electron chi connectivity index (χ0n) is 6.22. The van der Waals surface area contributed by atoms with Crippen molar-refractivity contribution in [2.45, 2.75) is 26.7 Å². The van der Waals surface area contributed by atoms with Gasteiger partial charge in [-0.3, -0.25) is 0 Å². The maximum atomic E-state index is 2.41. The van der Waals surface area contributed by atoms with Crippen molar-refractivity contribution < 1.29 is 0 Å². The largest absolute Gasteiger partial charge is 0.0879 e. The normalized spacial score (nSPS) is 44.2. The van der Waals surface area contributed by atoms with E-state index in [0.717, 1.165) is 11.8 Å². The lowest BCUT2D eigenvalue weighted by atomic mass is 9.57. The summed E-state index contributed by atoms with van der Waals surface area (Å²) in [6, 6.07) is 0. The van der Waals surface area contributed by atoms with E-state index in [1.165, 1.54) is 12.8 Å². The molecule has 9 heavy (non-hydrogen) atoms. The highest BCUT2D eigenvalue weighted by molar-refractivity contribution is 5.13. The summed E-state index contributed by atoms with van der Waals surface area (Å²) in [6.45, 7) is 4.76. The summed E-state index contributed by atoms with van der Waals surface area (Å²) in [5.41, 5.74) is 0.637. The Balaban J connectivity index is 2.16. The molecule has 2 rings (SSSR count). The molecule has 2 atom stereocenters. The number of allylic oxidation sites excluding steroid dienone is 2. The topological polar surface area (TPSA) is 0 Å². The fraction of sp³-hybridized carbons (Fsp3) is 0.778. The van der Waals surface area contributed by atoms with Crippen molar-refractivity contribution in [1.29, 1.82) is 0 Å². The van der Waals surface area contributed by atoms with Crippen LogP contribution in [0.4, 0.5) is 0 Å². The second-order valence-corrected chi connectivity index (χ2v) is 4.14. The van der Waals surface area contributed by atoms with Crippen LogP contribution in [0.3, 0.4) is 0 Å². The lowest BCUT2D eigenvalue weighted by molar-refractivity contribution is 0.0387. The smallest absolute Gasteiger partial charge is 0.0151 e. The first-order valence-corrected chi connectivity index (χ1v) is 3.87. The minimum Gasteiger partial charge on any atom is -0.0879 e. The number of rotatable bonds is 0. The monoisotopic (exact) mass is 122 g/mol. The van der Waals surface area contributed by atoms with Gasteiger partial charge in [0.2, 0.25) is 0 Å². The van der Waals surface area contributed by atoms with Gasteiger partial charge in [-0.25, -0.2) is 0 Å². The third-order valence-electron chi connectivity index (χ3n) is 2.98. The molecular weight excluding hydrogens is 108 g/mol. The molecule has 0 spiro atoms. The van der Waals surface area contributed by atoms with Crippen molar-refractivity contribution in [2.75, 3.05) is 0 Å². The van der Waals surface area contributed by atoms with E-state index in [2.05, 4.69) is 26.0 Å². The molecule has 0 aliphatic heterocycles. The van der Waals surface area contributed by atoms with Gasteiger partial charge >= 0.3 is 0 Å². The summed E-state index contributed by atoms with van der Waals surface area (Å²) in [5.74, 6) is 1.96. The molecule has 0 saturated heterocycles. The van der Waals surface area contributed by atoms with Gasteiger partial charge in [-0.1, -0.05) is 26.0 Å². The molecule has 1 saturated carbocycles. The van der Waals surface area contributed by atoms with Crippen molar-refractivity contribution in [2.24, 2.45) is 17.3 Å². The van der Waals surface area contributed by atoms with Crippen LogP contribution in [0.15, 0.2) is 12.2 Å². The van der Waals surface area contributed by atoms with Crippen molar-refractivity contribution in [3.05, 3.63) is 12.2 Å². The molecule has 2 aliphatic rings. The summed E-state index contributed by atoms with van der Waals surface area (Å²) in [7, 11) is 0. The van der Waals surface area contributed by atoms with Gasteiger partial charge in [-0.05, 0) is 30.1 Å². The Hall–Kier alpha value is -0.260. The van der Waals surface area contributed by atoms with E-state index in [0.29, 0.717) is 5.41 Å². The Bertz CT molecular complexity index is 153. The van der Waals surface area contributed by atoms with E-state index in [-0.39, 0.29) is 0 Å². The van der Waals surface area contributed by atoms with Crippen LogP contribution in [0.1, 0.15) is 26.7 Å². The Kier molecular flexibility index (Phi) is 0.870. The minimum absolute atomic E-state index is 0.637. The molecule has 0 radical (unpaired) electrons. The van der Waals surface area contributed by atoms with Crippen LogP contribution in [0, 0.1) is 17.3 Å².